The van der Waals surface area contributed by atoms with Crippen LogP contribution in [0.15, 0.2) is 0 Å². The monoisotopic (exact) mass is 266 g/mol. The van der Waals surface area contributed by atoms with Crippen molar-refractivity contribution in [1.82, 2.24) is 0 Å². The molecule has 1 unspecified atom stereocenters. The van der Waals surface area contributed by atoms with Gasteiger partial charge in [-0.25, -0.2) is 0 Å². The van der Waals surface area contributed by atoms with Crippen LogP contribution in [0.5, 0.6) is 0 Å². The molecule has 0 spiro atoms. The molecule has 0 heterocycles. The minimum absolute atomic E-state index is 0.380. The molecule has 0 aromatic carbocycles. The first kappa shape index (κ1) is 11.8. The standard InChI is InChI=1S/C9H19O.Sb.2H/c1-2-3-4-5-6-7-8-9-10;;;/h6,10H,2-5,7-9H2,1H3;;;. The summed E-state index contributed by atoms with van der Waals surface area (Å²) in [7, 11) is 0. The number of hydrogen-bond donors (Lipinski definition) is 1. The zero-order valence-electron chi connectivity index (χ0n) is 7.55. The van der Waals surface area contributed by atoms with E-state index >= 15 is 0 Å². The van der Waals surface area contributed by atoms with E-state index in [1.54, 1.807) is 0 Å². The van der Waals surface area contributed by atoms with Crippen LogP contribution >= 0.6 is 0 Å². The first-order valence-corrected chi connectivity index (χ1v) is 6.58. The van der Waals surface area contributed by atoms with Crippen molar-refractivity contribution in [2.24, 2.45) is 0 Å². The molecule has 2 heteroatoms. The maximum absolute atomic E-state index is 8.60. The summed E-state index contributed by atoms with van der Waals surface area (Å²) in [5, 5.41) is 8.60. The van der Waals surface area contributed by atoms with Crippen LogP contribution in [0.2, 0.25) is 3.86 Å². The number of aliphatic hydroxyl groups is 1. The van der Waals surface area contributed by atoms with Crippen molar-refractivity contribution < 1.29 is 5.11 Å². The van der Waals surface area contributed by atoms with E-state index in [0.717, 1.165) is 10.3 Å². The van der Waals surface area contributed by atoms with Crippen molar-refractivity contribution in [1.29, 1.82) is 0 Å². The van der Waals surface area contributed by atoms with Crippen LogP contribution in [0.3, 0.4) is 0 Å². The Kier molecular flexibility index (Phi) is 9.50. The van der Waals surface area contributed by atoms with Crippen molar-refractivity contribution >= 4 is 23.0 Å². The van der Waals surface area contributed by atoms with E-state index in [-0.39, 0.29) is 0 Å². The van der Waals surface area contributed by atoms with Crippen molar-refractivity contribution in [2.75, 3.05) is 6.61 Å². The molecule has 0 fully saturated rings. The maximum atomic E-state index is 8.60. The molecule has 0 amide bonds. The van der Waals surface area contributed by atoms with E-state index in [4.69, 9.17) is 5.11 Å². The summed E-state index contributed by atoms with van der Waals surface area (Å²) in [6.45, 7) is 2.63. The van der Waals surface area contributed by atoms with E-state index in [1.807, 2.05) is 0 Å². The average Bonchev–Trinajstić information content (AvgIpc) is 2.01. The summed E-state index contributed by atoms with van der Waals surface area (Å²) in [6, 6.07) is 0. The fourth-order valence-corrected chi connectivity index (χ4v) is 2.50. The van der Waals surface area contributed by atoms with Crippen LogP contribution < -0.4 is 0 Å². The topological polar surface area (TPSA) is 20.2 Å². The van der Waals surface area contributed by atoms with Gasteiger partial charge in [0.15, 0.2) is 0 Å². The van der Waals surface area contributed by atoms with Crippen LogP contribution in [0, 0.1) is 0 Å². The van der Waals surface area contributed by atoms with Gasteiger partial charge >= 0.3 is 84.0 Å². The molecule has 0 radical (unpaired) electrons. The third kappa shape index (κ3) is 8.69. The summed E-state index contributed by atoms with van der Waals surface area (Å²) >= 11 is 1.37. The van der Waals surface area contributed by atoms with Crippen LogP contribution in [-0.4, -0.2) is 34.7 Å². The van der Waals surface area contributed by atoms with Crippen molar-refractivity contribution in [2.45, 2.75) is 49.3 Å². The molecule has 0 saturated heterocycles. The van der Waals surface area contributed by atoms with Crippen molar-refractivity contribution in [3.63, 3.8) is 0 Å². The summed E-state index contributed by atoms with van der Waals surface area (Å²) in [6.07, 6.45) is 7.77. The van der Waals surface area contributed by atoms with Crippen LogP contribution in [0.4, 0.5) is 0 Å². The molecule has 0 aliphatic carbocycles. The Morgan fingerprint density at radius 3 is 2.36 bits per heavy atom. The molecule has 1 atom stereocenters. The van der Waals surface area contributed by atoms with Gasteiger partial charge in [0, 0.05) is 0 Å². The zero-order valence-corrected chi connectivity index (χ0v) is 10.8. The van der Waals surface area contributed by atoms with Gasteiger partial charge in [0.25, 0.3) is 0 Å². The van der Waals surface area contributed by atoms with E-state index in [2.05, 4.69) is 6.92 Å². The average molecular weight is 267 g/mol. The number of hydrogen-bond acceptors (Lipinski definition) is 1. The normalized spacial score (nSPS) is 13.4. The van der Waals surface area contributed by atoms with Gasteiger partial charge in [-0.3, -0.25) is 0 Å². The van der Waals surface area contributed by atoms with Crippen LogP contribution in [-0.2, 0) is 0 Å². The number of aliphatic hydroxyl groups excluding tert-OH is 1. The SMILES string of the molecule is CCCCC[CH]([SbH2])CCCO. The molecule has 11 heavy (non-hydrogen) atoms. The molecule has 0 aliphatic rings. The first-order valence-electron chi connectivity index (χ1n) is 4.67. The van der Waals surface area contributed by atoms with Crippen LogP contribution in [0.25, 0.3) is 0 Å². The summed E-state index contributed by atoms with van der Waals surface area (Å²) in [4.78, 5) is 0. The Morgan fingerprint density at radius 1 is 1.18 bits per heavy atom. The second-order valence-electron chi connectivity index (χ2n) is 3.12. The predicted octanol–water partition coefficient (Wildman–Crippen LogP) is 1.76. The Labute approximate surface area is 84.1 Å². The summed E-state index contributed by atoms with van der Waals surface area (Å²) in [5.74, 6) is 0. The molecule has 1 N–H and O–H groups in total. The zero-order chi connectivity index (χ0) is 8.53. The van der Waals surface area contributed by atoms with Crippen molar-refractivity contribution in [3.05, 3.63) is 0 Å². The molecule has 0 bridgehead atoms. The molecule has 0 aromatic rings. The molecule has 1 nitrogen and oxygen atoms in total. The Bertz CT molecular complexity index is 76.0. The van der Waals surface area contributed by atoms with Crippen LogP contribution in [0.1, 0.15) is 45.4 Å². The van der Waals surface area contributed by atoms with Gasteiger partial charge in [-0.2, -0.15) is 0 Å². The Morgan fingerprint density at radius 2 is 1.82 bits per heavy atom. The van der Waals surface area contributed by atoms with Gasteiger partial charge in [-0.05, 0) is 0 Å². The van der Waals surface area contributed by atoms with E-state index in [9.17, 15) is 0 Å². The Hall–Kier alpha value is 0.778. The Balaban J connectivity index is 3.02. The van der Waals surface area contributed by atoms with Crippen molar-refractivity contribution in [3.8, 4) is 0 Å². The van der Waals surface area contributed by atoms with E-state index < -0.39 is 0 Å². The summed E-state index contributed by atoms with van der Waals surface area (Å²) in [5.41, 5.74) is 0. The molecular formula is C9H21OSb. The quantitative estimate of drug-likeness (QED) is 0.550. The molecular weight excluding hydrogens is 246 g/mol. The van der Waals surface area contributed by atoms with Gasteiger partial charge < -0.3 is 0 Å². The minimum atomic E-state index is 0.380. The fourth-order valence-electron chi connectivity index (χ4n) is 1.15. The second kappa shape index (κ2) is 8.87. The third-order valence-corrected chi connectivity index (χ3v) is 3.81. The van der Waals surface area contributed by atoms with Gasteiger partial charge in [0.2, 0.25) is 0 Å². The van der Waals surface area contributed by atoms with Gasteiger partial charge in [-0.1, -0.05) is 0 Å². The molecule has 68 valence electrons. The van der Waals surface area contributed by atoms with Gasteiger partial charge in [-0.15, -0.1) is 0 Å². The van der Waals surface area contributed by atoms with Gasteiger partial charge in [0.1, 0.15) is 0 Å². The molecule has 0 aliphatic heterocycles. The molecule has 0 aromatic heterocycles. The molecule has 0 saturated carbocycles. The van der Waals surface area contributed by atoms with E-state index in [1.165, 1.54) is 55.1 Å². The van der Waals surface area contributed by atoms with E-state index in [0.29, 0.717) is 6.61 Å². The number of unbranched alkanes of at least 4 members (excludes halogenated alkanes) is 2. The third-order valence-electron chi connectivity index (χ3n) is 1.91. The predicted molar refractivity (Wildman–Crippen MR) is 52.8 cm³/mol. The van der Waals surface area contributed by atoms with Gasteiger partial charge in [0.05, 0.1) is 0 Å². The second-order valence-corrected chi connectivity index (χ2v) is 5.81. The molecule has 0 rings (SSSR count). The summed E-state index contributed by atoms with van der Waals surface area (Å²) < 4.78 is 0.944. The fraction of sp³-hybridized carbons (Fsp3) is 1.00. The number of rotatable bonds is 7. The first-order chi connectivity index (χ1) is 5.31.